The summed E-state index contributed by atoms with van der Waals surface area (Å²) in [6, 6.07) is 14.3. The van der Waals surface area contributed by atoms with Gasteiger partial charge in [-0.15, -0.1) is 0 Å². The number of cyclic esters (lactones) is 1. The van der Waals surface area contributed by atoms with Gasteiger partial charge in [0, 0.05) is 32.1 Å². The highest BCUT2D eigenvalue weighted by Crippen LogP contribution is 2.46. The Morgan fingerprint density at radius 3 is 2.40 bits per heavy atom. The highest BCUT2D eigenvalue weighted by molar-refractivity contribution is 6.03. The van der Waals surface area contributed by atoms with Gasteiger partial charge in [-0.25, -0.2) is 9.59 Å². The lowest BCUT2D eigenvalue weighted by atomic mass is 9.74. The number of likely N-dealkylation sites (tertiary alicyclic amines) is 2. The molecule has 0 aliphatic carbocycles. The first-order chi connectivity index (χ1) is 22.2. The van der Waals surface area contributed by atoms with Crippen molar-refractivity contribution >= 4 is 29.6 Å². The Morgan fingerprint density at radius 2 is 1.74 bits per heavy atom. The van der Waals surface area contributed by atoms with Crippen LogP contribution in [-0.2, 0) is 30.4 Å². The fourth-order valence-electron chi connectivity index (χ4n) is 6.96. The zero-order chi connectivity index (χ0) is 33.8. The number of carbonyl (C=O) groups excluding carboxylic acids is 4. The largest absolute Gasteiger partial charge is 0.482 e. The Balaban J connectivity index is 1.25. The zero-order valence-electron chi connectivity index (χ0n) is 28.1. The lowest BCUT2D eigenvalue weighted by Crippen LogP contribution is -2.53. The minimum absolute atomic E-state index is 0.0769. The second-order valence-corrected chi connectivity index (χ2v) is 14.5. The Kier molecular flexibility index (Phi) is 10.1. The first kappa shape index (κ1) is 34.2. The van der Waals surface area contributed by atoms with E-state index in [1.54, 1.807) is 37.8 Å². The van der Waals surface area contributed by atoms with E-state index in [9.17, 15) is 19.2 Å². The molecule has 3 fully saturated rings. The molecular formula is C36H47N3O8. The molecule has 1 N–H and O–H groups in total. The number of piperidine rings is 2. The van der Waals surface area contributed by atoms with E-state index in [0.717, 1.165) is 44.2 Å². The van der Waals surface area contributed by atoms with Crippen LogP contribution in [0.25, 0.3) is 0 Å². The van der Waals surface area contributed by atoms with Crippen LogP contribution < -0.4 is 10.1 Å². The average molecular weight is 650 g/mol. The van der Waals surface area contributed by atoms with Crippen molar-refractivity contribution in [1.29, 1.82) is 0 Å². The minimum atomic E-state index is -0.698. The van der Waals surface area contributed by atoms with Crippen LogP contribution in [0.15, 0.2) is 48.5 Å². The summed E-state index contributed by atoms with van der Waals surface area (Å²) in [4.78, 5) is 56.1. The normalized spacial score (nSPS) is 21.6. The van der Waals surface area contributed by atoms with Crippen LogP contribution in [0.1, 0.15) is 82.6 Å². The molecule has 47 heavy (non-hydrogen) atoms. The van der Waals surface area contributed by atoms with Gasteiger partial charge < -0.3 is 23.8 Å². The molecule has 11 nitrogen and oxygen atoms in total. The zero-order valence-corrected chi connectivity index (χ0v) is 28.1. The van der Waals surface area contributed by atoms with Gasteiger partial charge in [0.1, 0.15) is 23.6 Å². The molecule has 2 aromatic rings. The Morgan fingerprint density at radius 1 is 1.02 bits per heavy atom. The van der Waals surface area contributed by atoms with Gasteiger partial charge in [0.25, 0.3) is 5.91 Å². The summed E-state index contributed by atoms with van der Waals surface area (Å²) in [5, 5.41) is 2.72. The van der Waals surface area contributed by atoms with Crippen LogP contribution in [0.2, 0.25) is 0 Å². The van der Waals surface area contributed by atoms with Crippen molar-refractivity contribution in [1.82, 2.24) is 9.80 Å². The van der Waals surface area contributed by atoms with Crippen molar-refractivity contribution < 1.29 is 38.1 Å². The first-order valence-electron chi connectivity index (χ1n) is 16.5. The monoisotopic (exact) mass is 649 g/mol. The van der Waals surface area contributed by atoms with E-state index in [1.165, 1.54) is 6.07 Å². The second kappa shape index (κ2) is 13.9. The van der Waals surface area contributed by atoms with Gasteiger partial charge in [-0.3, -0.25) is 19.8 Å². The van der Waals surface area contributed by atoms with Crippen molar-refractivity contribution in [2.75, 3.05) is 38.1 Å². The molecule has 3 aliphatic heterocycles. The fraction of sp³-hybridized carbons (Fsp3) is 0.556. The summed E-state index contributed by atoms with van der Waals surface area (Å²) < 4.78 is 22.1. The van der Waals surface area contributed by atoms with Crippen molar-refractivity contribution in [2.24, 2.45) is 5.41 Å². The van der Waals surface area contributed by atoms with Gasteiger partial charge in [-0.1, -0.05) is 30.3 Å². The molecule has 2 aromatic carbocycles. The van der Waals surface area contributed by atoms with E-state index >= 15 is 0 Å². The van der Waals surface area contributed by atoms with Crippen LogP contribution in [0.5, 0.6) is 5.75 Å². The van der Waals surface area contributed by atoms with E-state index in [2.05, 4.69) is 10.2 Å². The third-order valence-electron chi connectivity index (χ3n) is 8.89. The molecule has 3 aliphatic rings. The van der Waals surface area contributed by atoms with Gasteiger partial charge in [-0.05, 0) is 90.6 Å². The number of hydrogen-bond acceptors (Lipinski definition) is 9. The number of amides is 2. The van der Waals surface area contributed by atoms with Crippen LogP contribution in [0.4, 0.5) is 10.5 Å². The first-order valence-corrected chi connectivity index (χ1v) is 16.5. The molecule has 1 spiro atoms. The quantitative estimate of drug-likeness (QED) is 0.289. The van der Waals surface area contributed by atoms with Crippen LogP contribution in [0, 0.1) is 5.41 Å². The lowest BCUT2D eigenvalue weighted by Gasteiger charge is -2.45. The van der Waals surface area contributed by atoms with Crippen molar-refractivity contribution in [3.05, 3.63) is 59.7 Å². The molecular weight excluding hydrogens is 602 g/mol. The Hall–Kier alpha value is -4.12. The molecule has 5 rings (SSSR count). The van der Waals surface area contributed by atoms with Gasteiger partial charge in [0.15, 0.2) is 6.61 Å². The van der Waals surface area contributed by atoms with Crippen molar-refractivity contribution in [2.45, 2.75) is 90.6 Å². The minimum Gasteiger partial charge on any atom is -0.482 e. The SMILES string of the molecule is CC(C)(C)OC(=O)COc1ccc(NC(=O)OCc2ccccc2)c(C(=O)N2CCC(N3CCCC4(C3)CC(C)(C)OC4=O)CC2)c1. The number of ether oxygens (including phenoxy) is 4. The number of nitrogens with one attached hydrogen (secondary N) is 1. The predicted molar refractivity (Wildman–Crippen MR) is 175 cm³/mol. The van der Waals surface area contributed by atoms with Crippen molar-refractivity contribution in [3.63, 3.8) is 0 Å². The highest BCUT2D eigenvalue weighted by Gasteiger charge is 2.54. The Bertz CT molecular complexity index is 1460. The van der Waals surface area contributed by atoms with Gasteiger partial charge in [0.2, 0.25) is 0 Å². The van der Waals surface area contributed by atoms with E-state index in [0.29, 0.717) is 25.4 Å². The third-order valence-corrected chi connectivity index (χ3v) is 8.89. The molecule has 0 radical (unpaired) electrons. The predicted octanol–water partition coefficient (Wildman–Crippen LogP) is 5.57. The summed E-state index contributed by atoms with van der Waals surface area (Å²) in [5.41, 5.74) is -0.214. The van der Waals surface area contributed by atoms with Crippen molar-refractivity contribution in [3.8, 4) is 5.75 Å². The number of nitrogens with zero attached hydrogens (tertiary/aromatic N) is 2. The molecule has 0 aromatic heterocycles. The molecule has 2 amide bonds. The van der Waals surface area contributed by atoms with E-state index < -0.39 is 28.7 Å². The summed E-state index contributed by atoms with van der Waals surface area (Å²) in [7, 11) is 0. The average Bonchev–Trinajstić information content (AvgIpc) is 3.24. The number of carbonyl (C=O) groups is 4. The molecule has 3 heterocycles. The van der Waals surface area contributed by atoms with E-state index in [1.807, 2.05) is 44.2 Å². The summed E-state index contributed by atoms with van der Waals surface area (Å²) >= 11 is 0. The molecule has 254 valence electrons. The molecule has 0 saturated carbocycles. The Labute approximate surface area is 276 Å². The number of rotatable bonds is 8. The number of anilines is 1. The summed E-state index contributed by atoms with van der Waals surface area (Å²) in [6.07, 6.45) is 3.34. The smallest absolute Gasteiger partial charge is 0.411 e. The molecule has 1 unspecified atom stereocenters. The van der Waals surface area contributed by atoms with Crippen LogP contribution in [-0.4, -0.2) is 83.8 Å². The standard InChI is InChI=1S/C36H47N3O8/c1-34(2,3)46-30(40)22-44-27-12-13-29(37-33(43)45-21-25-10-7-6-8-11-25)28(20-27)31(41)38-18-14-26(15-19-38)39-17-9-16-36(24-39)23-35(4,5)47-32(36)42/h6-8,10-13,20,26H,9,14-19,21-24H2,1-5H3,(H,37,43). The van der Waals surface area contributed by atoms with E-state index in [-0.39, 0.29) is 42.4 Å². The van der Waals surface area contributed by atoms with Gasteiger partial charge >= 0.3 is 18.0 Å². The maximum absolute atomic E-state index is 14.0. The summed E-state index contributed by atoms with van der Waals surface area (Å²) in [5.74, 6) is -0.591. The lowest BCUT2D eigenvalue weighted by molar-refractivity contribution is -0.157. The highest BCUT2D eigenvalue weighted by atomic mass is 16.6. The molecule has 11 heteroatoms. The van der Waals surface area contributed by atoms with Crippen LogP contribution >= 0.6 is 0 Å². The third kappa shape index (κ3) is 8.82. The molecule has 3 saturated heterocycles. The topological polar surface area (TPSA) is 124 Å². The fourth-order valence-corrected chi connectivity index (χ4v) is 6.96. The maximum atomic E-state index is 14.0. The second-order valence-electron chi connectivity index (χ2n) is 14.5. The number of benzene rings is 2. The van der Waals surface area contributed by atoms with Gasteiger partial charge in [0.05, 0.1) is 16.7 Å². The maximum Gasteiger partial charge on any atom is 0.411 e. The molecule has 0 bridgehead atoms. The molecule has 1 atom stereocenters. The van der Waals surface area contributed by atoms with Crippen LogP contribution in [0.3, 0.4) is 0 Å². The number of hydrogen-bond donors (Lipinski definition) is 1. The number of esters is 2. The van der Waals surface area contributed by atoms with E-state index in [4.69, 9.17) is 18.9 Å². The summed E-state index contributed by atoms with van der Waals surface area (Å²) in [6.45, 7) is 11.7. The van der Waals surface area contributed by atoms with Gasteiger partial charge in [-0.2, -0.15) is 0 Å².